The summed E-state index contributed by atoms with van der Waals surface area (Å²) in [6.07, 6.45) is 3.77. The SMILES string of the molecule is Cc1ccc2c(oc3c(-c4ccccc4)cncc32)c1C. The lowest BCUT2D eigenvalue weighted by molar-refractivity contribution is 0.666. The first-order valence-corrected chi connectivity index (χ1v) is 7.07. The molecule has 2 aromatic heterocycles. The zero-order valence-corrected chi connectivity index (χ0v) is 12.1. The van der Waals surface area contributed by atoms with Gasteiger partial charge in [0.05, 0.1) is 0 Å². The van der Waals surface area contributed by atoms with Crippen molar-refractivity contribution in [2.24, 2.45) is 0 Å². The highest BCUT2D eigenvalue weighted by molar-refractivity contribution is 6.09. The molecule has 0 aliphatic heterocycles. The van der Waals surface area contributed by atoms with Gasteiger partial charge in [-0.1, -0.05) is 42.5 Å². The third-order valence-electron chi connectivity index (χ3n) is 4.15. The zero-order valence-electron chi connectivity index (χ0n) is 12.1. The van der Waals surface area contributed by atoms with Gasteiger partial charge in [0.1, 0.15) is 11.2 Å². The number of nitrogens with zero attached hydrogens (tertiary/aromatic N) is 1. The van der Waals surface area contributed by atoms with E-state index in [0.29, 0.717) is 0 Å². The highest BCUT2D eigenvalue weighted by Gasteiger charge is 2.14. The monoisotopic (exact) mass is 273 g/mol. The molecule has 4 rings (SSSR count). The Hall–Kier alpha value is -2.61. The van der Waals surface area contributed by atoms with E-state index in [1.54, 1.807) is 0 Å². The number of aryl methyl sites for hydroxylation is 2. The van der Waals surface area contributed by atoms with E-state index in [1.807, 2.05) is 30.6 Å². The van der Waals surface area contributed by atoms with Crippen LogP contribution in [0.5, 0.6) is 0 Å². The van der Waals surface area contributed by atoms with Gasteiger partial charge >= 0.3 is 0 Å². The summed E-state index contributed by atoms with van der Waals surface area (Å²) in [4.78, 5) is 4.40. The Labute approximate surface area is 123 Å². The number of benzene rings is 2. The van der Waals surface area contributed by atoms with Gasteiger partial charge in [-0.2, -0.15) is 0 Å². The molecule has 0 N–H and O–H groups in total. The van der Waals surface area contributed by atoms with Crippen LogP contribution in [0.4, 0.5) is 0 Å². The highest BCUT2D eigenvalue weighted by Crippen LogP contribution is 2.36. The summed E-state index contributed by atoms with van der Waals surface area (Å²) in [5, 5.41) is 2.22. The standard InChI is InChI=1S/C19H15NO/c1-12-8-9-15-17-11-20-10-16(14-6-4-3-5-7-14)19(17)21-18(15)13(12)2/h3-11H,1-2H3. The fourth-order valence-corrected chi connectivity index (χ4v) is 2.81. The van der Waals surface area contributed by atoms with E-state index in [1.165, 1.54) is 11.1 Å². The Bertz CT molecular complexity index is 952. The van der Waals surface area contributed by atoms with Crippen molar-refractivity contribution in [3.05, 3.63) is 66.0 Å². The predicted molar refractivity (Wildman–Crippen MR) is 86.4 cm³/mol. The highest BCUT2D eigenvalue weighted by atomic mass is 16.3. The summed E-state index contributed by atoms with van der Waals surface area (Å²) in [5.41, 5.74) is 6.50. The minimum Gasteiger partial charge on any atom is -0.455 e. The molecule has 4 aromatic rings. The predicted octanol–water partition coefficient (Wildman–Crippen LogP) is 5.26. The average molecular weight is 273 g/mol. The van der Waals surface area contributed by atoms with E-state index in [0.717, 1.165) is 33.1 Å². The Morgan fingerprint density at radius 3 is 2.43 bits per heavy atom. The first-order chi connectivity index (χ1) is 10.3. The van der Waals surface area contributed by atoms with Gasteiger partial charge in [0, 0.05) is 28.7 Å². The van der Waals surface area contributed by atoms with Gasteiger partial charge in [0.2, 0.25) is 0 Å². The molecule has 0 atom stereocenters. The maximum atomic E-state index is 6.21. The van der Waals surface area contributed by atoms with Gasteiger partial charge in [-0.3, -0.25) is 4.98 Å². The summed E-state index contributed by atoms with van der Waals surface area (Å²) in [6, 6.07) is 14.5. The van der Waals surface area contributed by atoms with E-state index in [2.05, 4.69) is 43.1 Å². The van der Waals surface area contributed by atoms with Gasteiger partial charge in [0.25, 0.3) is 0 Å². The molecule has 2 heteroatoms. The molecule has 0 bridgehead atoms. The fourth-order valence-electron chi connectivity index (χ4n) is 2.81. The number of hydrogen-bond acceptors (Lipinski definition) is 2. The number of aromatic nitrogens is 1. The fraction of sp³-hybridized carbons (Fsp3) is 0.105. The van der Waals surface area contributed by atoms with Gasteiger partial charge in [0.15, 0.2) is 0 Å². The molecule has 2 aromatic carbocycles. The van der Waals surface area contributed by atoms with E-state index in [4.69, 9.17) is 4.42 Å². The number of hydrogen-bond donors (Lipinski definition) is 0. The normalized spacial score (nSPS) is 11.3. The molecule has 21 heavy (non-hydrogen) atoms. The van der Waals surface area contributed by atoms with Crippen molar-refractivity contribution < 1.29 is 4.42 Å². The van der Waals surface area contributed by atoms with Crippen LogP contribution in [0.25, 0.3) is 33.1 Å². The van der Waals surface area contributed by atoms with Gasteiger partial charge in [-0.25, -0.2) is 0 Å². The smallest absolute Gasteiger partial charge is 0.146 e. The van der Waals surface area contributed by atoms with Crippen molar-refractivity contribution in [1.29, 1.82) is 0 Å². The summed E-state index contributed by atoms with van der Waals surface area (Å²) in [7, 11) is 0. The number of rotatable bonds is 1. The molecule has 0 radical (unpaired) electrons. The van der Waals surface area contributed by atoms with Gasteiger partial charge in [-0.15, -0.1) is 0 Å². The van der Waals surface area contributed by atoms with Crippen molar-refractivity contribution in [2.45, 2.75) is 13.8 Å². The van der Waals surface area contributed by atoms with Crippen LogP contribution in [0.15, 0.2) is 59.3 Å². The number of pyridine rings is 1. The number of furan rings is 1. The van der Waals surface area contributed by atoms with Crippen LogP contribution >= 0.6 is 0 Å². The largest absolute Gasteiger partial charge is 0.455 e. The molecule has 0 fully saturated rings. The summed E-state index contributed by atoms with van der Waals surface area (Å²) in [6.45, 7) is 4.22. The molecule has 102 valence electrons. The molecule has 2 nitrogen and oxygen atoms in total. The Kier molecular flexibility index (Phi) is 2.58. The molecule has 0 saturated carbocycles. The molecular formula is C19H15NO. The van der Waals surface area contributed by atoms with Crippen molar-refractivity contribution in [2.75, 3.05) is 0 Å². The first kappa shape index (κ1) is 12.2. The lowest BCUT2D eigenvalue weighted by Crippen LogP contribution is -1.80. The molecule has 2 heterocycles. The lowest BCUT2D eigenvalue weighted by Gasteiger charge is -2.01. The molecule has 0 aliphatic rings. The second kappa shape index (κ2) is 4.45. The zero-order chi connectivity index (χ0) is 14.4. The molecule has 0 spiro atoms. The van der Waals surface area contributed by atoms with Crippen LogP contribution in [0.3, 0.4) is 0 Å². The van der Waals surface area contributed by atoms with Crippen LogP contribution in [0.2, 0.25) is 0 Å². The summed E-state index contributed by atoms with van der Waals surface area (Å²) < 4.78 is 6.21. The van der Waals surface area contributed by atoms with Gasteiger partial charge in [-0.05, 0) is 30.5 Å². The maximum absolute atomic E-state index is 6.21. The molecule has 0 unspecified atom stereocenters. The summed E-state index contributed by atoms with van der Waals surface area (Å²) >= 11 is 0. The minimum absolute atomic E-state index is 0.917. The van der Waals surface area contributed by atoms with E-state index in [9.17, 15) is 0 Å². The van der Waals surface area contributed by atoms with Gasteiger partial charge < -0.3 is 4.42 Å². The van der Waals surface area contributed by atoms with E-state index >= 15 is 0 Å². The minimum atomic E-state index is 0.917. The van der Waals surface area contributed by atoms with Crippen molar-refractivity contribution in [3.63, 3.8) is 0 Å². The lowest BCUT2D eigenvalue weighted by atomic mass is 10.0. The van der Waals surface area contributed by atoms with Crippen molar-refractivity contribution in [3.8, 4) is 11.1 Å². The van der Waals surface area contributed by atoms with Crippen molar-refractivity contribution in [1.82, 2.24) is 4.98 Å². The average Bonchev–Trinajstić information content (AvgIpc) is 2.91. The Morgan fingerprint density at radius 1 is 0.810 bits per heavy atom. The third kappa shape index (κ3) is 1.76. The van der Waals surface area contributed by atoms with Crippen LogP contribution < -0.4 is 0 Å². The topological polar surface area (TPSA) is 26.0 Å². The number of fused-ring (bicyclic) bond motifs is 3. The Balaban J connectivity index is 2.13. The van der Waals surface area contributed by atoms with E-state index in [-0.39, 0.29) is 0 Å². The van der Waals surface area contributed by atoms with Crippen LogP contribution in [0.1, 0.15) is 11.1 Å². The Morgan fingerprint density at radius 2 is 1.62 bits per heavy atom. The second-order valence-corrected chi connectivity index (χ2v) is 5.42. The molecule has 0 aliphatic carbocycles. The van der Waals surface area contributed by atoms with Crippen molar-refractivity contribution >= 4 is 21.9 Å². The van der Waals surface area contributed by atoms with Crippen LogP contribution in [0, 0.1) is 13.8 Å². The summed E-state index contributed by atoms with van der Waals surface area (Å²) in [5.74, 6) is 0. The molecular weight excluding hydrogens is 258 g/mol. The second-order valence-electron chi connectivity index (χ2n) is 5.42. The van der Waals surface area contributed by atoms with E-state index < -0.39 is 0 Å². The quantitative estimate of drug-likeness (QED) is 0.472. The molecule has 0 amide bonds. The van der Waals surface area contributed by atoms with Crippen LogP contribution in [-0.2, 0) is 0 Å². The first-order valence-electron chi connectivity index (χ1n) is 7.07. The maximum Gasteiger partial charge on any atom is 0.146 e. The van der Waals surface area contributed by atoms with Crippen LogP contribution in [-0.4, -0.2) is 4.98 Å². The molecule has 0 saturated heterocycles. The third-order valence-corrected chi connectivity index (χ3v) is 4.15.